The molecule has 0 aromatic rings. The summed E-state index contributed by atoms with van der Waals surface area (Å²) in [6.07, 6.45) is 2.68. The molecule has 120 valence electrons. The lowest BCUT2D eigenvalue weighted by Crippen LogP contribution is -2.30. The molecule has 1 atom stereocenters. The van der Waals surface area contributed by atoms with Crippen LogP contribution in [-0.4, -0.2) is 23.7 Å². The predicted octanol–water partition coefficient (Wildman–Crippen LogP) is 5.14. The number of hydrogen-bond acceptors (Lipinski definition) is 4. The van der Waals surface area contributed by atoms with Gasteiger partial charge in [0.25, 0.3) is 0 Å². The Morgan fingerprint density at radius 3 is 1.85 bits per heavy atom. The van der Waals surface area contributed by atoms with Crippen molar-refractivity contribution in [1.29, 1.82) is 0 Å². The van der Waals surface area contributed by atoms with Crippen LogP contribution in [0, 0.1) is 0 Å². The third-order valence-corrected chi connectivity index (χ3v) is 4.68. The van der Waals surface area contributed by atoms with E-state index in [-0.39, 0.29) is 12.2 Å². The van der Waals surface area contributed by atoms with Crippen molar-refractivity contribution >= 4 is 7.60 Å². The van der Waals surface area contributed by atoms with Gasteiger partial charge in [0.15, 0.2) is 5.85 Å². The van der Waals surface area contributed by atoms with Gasteiger partial charge in [-0.15, -0.1) is 6.58 Å². The van der Waals surface area contributed by atoms with Crippen LogP contribution in [0.1, 0.15) is 61.3 Å². The summed E-state index contributed by atoms with van der Waals surface area (Å²) in [4.78, 5) is 0. The third-order valence-electron chi connectivity index (χ3n) is 2.18. The molecule has 0 aliphatic rings. The molecule has 0 aliphatic heterocycles. The van der Waals surface area contributed by atoms with Crippen LogP contribution in [0.25, 0.3) is 0 Å². The van der Waals surface area contributed by atoms with Gasteiger partial charge in [0.05, 0.1) is 17.8 Å². The SMILES string of the molecule is C=CCC[C@H](OC(C)(C)C)P(=O)(OC(C)C)OC(C)C. The smallest absolute Gasteiger partial charge is 0.359 e. The summed E-state index contributed by atoms with van der Waals surface area (Å²) >= 11 is 0. The van der Waals surface area contributed by atoms with Crippen molar-refractivity contribution < 1.29 is 18.3 Å². The van der Waals surface area contributed by atoms with Crippen LogP contribution in [0.4, 0.5) is 0 Å². The molecule has 0 rings (SSSR count). The third kappa shape index (κ3) is 8.21. The highest BCUT2D eigenvalue weighted by Gasteiger charge is 2.40. The van der Waals surface area contributed by atoms with E-state index in [1.54, 1.807) is 6.08 Å². The van der Waals surface area contributed by atoms with E-state index in [0.717, 1.165) is 0 Å². The molecule has 0 unspecified atom stereocenters. The van der Waals surface area contributed by atoms with Crippen LogP contribution >= 0.6 is 7.60 Å². The van der Waals surface area contributed by atoms with Crippen molar-refractivity contribution in [3.05, 3.63) is 12.7 Å². The minimum atomic E-state index is -3.34. The monoisotopic (exact) mass is 306 g/mol. The molecular formula is C15H31O4P. The van der Waals surface area contributed by atoms with E-state index in [1.165, 1.54) is 0 Å². The standard InChI is InChI=1S/C15H31O4P/c1-9-10-11-14(17-15(6,7)8)20(16,18-12(2)3)19-13(4)5/h9,12-14H,1,10-11H2,2-8H3/t14-/m1/s1. The van der Waals surface area contributed by atoms with Gasteiger partial charge >= 0.3 is 7.60 Å². The minimum Gasteiger partial charge on any atom is -0.360 e. The van der Waals surface area contributed by atoms with E-state index in [2.05, 4.69) is 6.58 Å². The molecule has 5 heteroatoms. The Morgan fingerprint density at radius 2 is 1.55 bits per heavy atom. The van der Waals surface area contributed by atoms with Crippen LogP contribution < -0.4 is 0 Å². The first kappa shape index (κ1) is 19.9. The molecule has 0 spiro atoms. The van der Waals surface area contributed by atoms with E-state index >= 15 is 0 Å². The summed E-state index contributed by atoms with van der Waals surface area (Å²) < 4.78 is 30.3. The second kappa shape index (κ2) is 8.33. The molecule has 0 aromatic heterocycles. The molecule has 0 bridgehead atoms. The second-order valence-electron chi connectivity index (χ2n) is 6.40. The van der Waals surface area contributed by atoms with Gasteiger partial charge in [0.2, 0.25) is 0 Å². The quantitative estimate of drug-likeness (QED) is 0.437. The normalized spacial score (nSPS) is 14.8. The van der Waals surface area contributed by atoms with Gasteiger partial charge in [0.1, 0.15) is 0 Å². The number of allylic oxidation sites excluding steroid dienone is 1. The molecule has 0 amide bonds. The molecule has 0 saturated heterocycles. The highest BCUT2D eigenvalue weighted by atomic mass is 31.2. The van der Waals surface area contributed by atoms with Crippen LogP contribution in [-0.2, 0) is 18.3 Å². The minimum absolute atomic E-state index is 0.186. The van der Waals surface area contributed by atoms with E-state index in [1.807, 2.05) is 48.5 Å². The van der Waals surface area contributed by atoms with Gasteiger partial charge in [-0.05, 0) is 61.3 Å². The van der Waals surface area contributed by atoms with E-state index in [0.29, 0.717) is 12.8 Å². The van der Waals surface area contributed by atoms with E-state index in [9.17, 15) is 4.57 Å². The predicted molar refractivity (Wildman–Crippen MR) is 84.1 cm³/mol. The van der Waals surface area contributed by atoms with Crippen LogP contribution in [0.3, 0.4) is 0 Å². The van der Waals surface area contributed by atoms with Crippen molar-refractivity contribution in [2.75, 3.05) is 0 Å². The largest absolute Gasteiger partial charge is 0.360 e. The molecule has 20 heavy (non-hydrogen) atoms. The van der Waals surface area contributed by atoms with Crippen molar-refractivity contribution in [2.24, 2.45) is 0 Å². The zero-order chi connectivity index (χ0) is 16.0. The molecular weight excluding hydrogens is 275 g/mol. The van der Waals surface area contributed by atoms with E-state index in [4.69, 9.17) is 13.8 Å². The summed E-state index contributed by atoms with van der Waals surface area (Å²) in [5.41, 5.74) is -0.415. The lowest BCUT2D eigenvalue weighted by atomic mass is 10.2. The Bertz CT molecular complexity index is 317. The van der Waals surface area contributed by atoms with Gasteiger partial charge in [0, 0.05) is 0 Å². The molecule has 4 nitrogen and oxygen atoms in total. The fourth-order valence-corrected chi connectivity index (χ4v) is 4.11. The van der Waals surface area contributed by atoms with Gasteiger partial charge in [-0.2, -0.15) is 0 Å². The highest BCUT2D eigenvalue weighted by Crippen LogP contribution is 2.57. The average molecular weight is 306 g/mol. The second-order valence-corrected chi connectivity index (χ2v) is 8.48. The molecule has 0 aliphatic carbocycles. The Kier molecular flexibility index (Phi) is 8.27. The zero-order valence-electron chi connectivity index (χ0n) is 14.0. The fraction of sp³-hybridized carbons (Fsp3) is 0.867. The Labute approximate surface area is 124 Å². The molecule has 0 radical (unpaired) electrons. The van der Waals surface area contributed by atoms with Crippen molar-refractivity contribution in [1.82, 2.24) is 0 Å². The maximum absolute atomic E-state index is 13.1. The Hall–Kier alpha value is -0.150. The van der Waals surface area contributed by atoms with E-state index < -0.39 is 19.0 Å². The van der Waals surface area contributed by atoms with Gasteiger partial charge in [-0.1, -0.05) is 6.08 Å². The molecule has 0 N–H and O–H groups in total. The summed E-state index contributed by atoms with van der Waals surface area (Å²) in [6, 6.07) is 0. The fourth-order valence-electron chi connectivity index (χ4n) is 1.70. The topological polar surface area (TPSA) is 44.8 Å². The lowest BCUT2D eigenvalue weighted by Gasteiger charge is -2.34. The Morgan fingerprint density at radius 1 is 1.10 bits per heavy atom. The van der Waals surface area contributed by atoms with Crippen LogP contribution in [0.15, 0.2) is 12.7 Å². The van der Waals surface area contributed by atoms with Gasteiger partial charge < -0.3 is 13.8 Å². The van der Waals surface area contributed by atoms with Crippen LogP contribution in [0.2, 0.25) is 0 Å². The van der Waals surface area contributed by atoms with Crippen LogP contribution in [0.5, 0.6) is 0 Å². The number of rotatable bonds is 9. The molecule has 0 heterocycles. The van der Waals surface area contributed by atoms with Crippen molar-refractivity contribution in [2.45, 2.75) is 85.0 Å². The first-order chi connectivity index (χ1) is 9.00. The van der Waals surface area contributed by atoms with Crippen molar-refractivity contribution in [3.8, 4) is 0 Å². The maximum Gasteiger partial charge on any atom is 0.359 e. The molecule has 0 aromatic carbocycles. The number of ether oxygens (including phenoxy) is 1. The maximum atomic E-state index is 13.1. The molecule has 0 fully saturated rings. The average Bonchev–Trinajstić information content (AvgIpc) is 2.19. The first-order valence-corrected chi connectivity index (χ1v) is 8.86. The summed E-state index contributed by atoms with van der Waals surface area (Å²) in [5.74, 6) is -0.578. The zero-order valence-corrected chi connectivity index (χ0v) is 14.9. The summed E-state index contributed by atoms with van der Waals surface area (Å²) in [7, 11) is -3.34. The Balaban J connectivity index is 5.25. The lowest BCUT2D eigenvalue weighted by molar-refractivity contribution is -0.0446. The summed E-state index contributed by atoms with van der Waals surface area (Å²) in [6.45, 7) is 16.9. The van der Waals surface area contributed by atoms with Crippen molar-refractivity contribution in [3.63, 3.8) is 0 Å². The summed E-state index contributed by atoms with van der Waals surface area (Å²) in [5, 5.41) is 0. The van der Waals surface area contributed by atoms with Gasteiger partial charge in [-0.25, -0.2) is 0 Å². The number of hydrogen-bond donors (Lipinski definition) is 0. The first-order valence-electron chi connectivity index (χ1n) is 7.25. The molecule has 0 saturated carbocycles. The van der Waals surface area contributed by atoms with Gasteiger partial charge in [-0.3, -0.25) is 4.57 Å². The highest BCUT2D eigenvalue weighted by molar-refractivity contribution is 7.54.